The number of fused-ring (bicyclic) bond motifs is 3. The average Bonchev–Trinajstić information content (AvgIpc) is 2.46. The largest absolute Gasteiger partial charge is 0.481 e. The fourth-order valence-corrected chi connectivity index (χ4v) is 5.36. The van der Waals surface area contributed by atoms with E-state index in [0.717, 1.165) is 32.1 Å². The van der Waals surface area contributed by atoms with Crippen LogP contribution in [-0.2, 0) is 4.79 Å². The van der Waals surface area contributed by atoms with Crippen molar-refractivity contribution in [3.63, 3.8) is 0 Å². The molecule has 0 spiro atoms. The minimum absolute atomic E-state index is 0.0779. The second kappa shape index (κ2) is 4.84. The molecule has 0 aliphatic heterocycles. The van der Waals surface area contributed by atoms with Gasteiger partial charge in [-0.2, -0.15) is 0 Å². The van der Waals surface area contributed by atoms with E-state index in [0.29, 0.717) is 5.92 Å². The van der Waals surface area contributed by atoms with Crippen molar-refractivity contribution in [2.45, 2.75) is 52.9 Å². The lowest BCUT2D eigenvalue weighted by molar-refractivity contribution is -0.159. The Kier molecular flexibility index (Phi) is 3.43. The molecule has 3 aliphatic carbocycles. The molecule has 0 aromatic heterocycles. The van der Waals surface area contributed by atoms with Gasteiger partial charge in [-0.05, 0) is 55.4 Å². The summed E-state index contributed by atoms with van der Waals surface area (Å²) in [6.45, 7) is 10.5. The normalized spacial score (nSPS) is 47.1. The molecule has 5 atom stereocenters. The Hall–Kier alpha value is -1.31. The van der Waals surface area contributed by atoms with E-state index in [1.54, 1.807) is 0 Å². The van der Waals surface area contributed by atoms with Crippen LogP contribution >= 0.6 is 0 Å². The molecule has 0 unspecified atom stereocenters. The third-order valence-corrected chi connectivity index (χ3v) is 6.91. The lowest BCUT2D eigenvalue weighted by Gasteiger charge is -2.56. The number of hydrogen-bond acceptors (Lipinski definition) is 1. The van der Waals surface area contributed by atoms with Crippen LogP contribution in [0.5, 0.6) is 0 Å². The molecule has 0 radical (unpaired) electrons. The van der Waals surface area contributed by atoms with Crippen LogP contribution in [0.25, 0.3) is 0 Å². The molecular weight excluding hydrogens is 272 g/mol. The summed E-state index contributed by atoms with van der Waals surface area (Å²) in [4.78, 5) is 11.9. The second-order valence-electron chi connectivity index (χ2n) is 8.36. The Labute approximate surface area is 134 Å². The van der Waals surface area contributed by atoms with Crippen LogP contribution in [0.4, 0.5) is 0 Å². The zero-order valence-electron chi connectivity index (χ0n) is 14.1. The van der Waals surface area contributed by atoms with Gasteiger partial charge in [-0.1, -0.05) is 44.6 Å². The van der Waals surface area contributed by atoms with E-state index < -0.39 is 11.4 Å². The number of rotatable bonds is 2. The molecule has 1 N–H and O–H groups in total. The minimum atomic E-state index is -0.632. The van der Waals surface area contributed by atoms with Gasteiger partial charge in [0.1, 0.15) is 0 Å². The topological polar surface area (TPSA) is 37.3 Å². The first-order valence-electron chi connectivity index (χ1n) is 8.53. The van der Waals surface area contributed by atoms with Gasteiger partial charge in [-0.3, -0.25) is 4.79 Å². The van der Waals surface area contributed by atoms with Gasteiger partial charge < -0.3 is 5.11 Å². The van der Waals surface area contributed by atoms with E-state index >= 15 is 0 Å². The number of carboxylic acids is 1. The SMILES string of the molecule is C=C[C@]1(C)C=C2C=C[C@@H]3[C@](C)(CCC[C@@]3(C)C(=O)O)[C@H]2CC1. The molecule has 22 heavy (non-hydrogen) atoms. The summed E-state index contributed by atoms with van der Waals surface area (Å²) >= 11 is 0. The fourth-order valence-electron chi connectivity index (χ4n) is 5.36. The number of aliphatic carboxylic acids is 1. The number of carboxylic acid groups (broad SMARTS) is 1. The van der Waals surface area contributed by atoms with Gasteiger partial charge in [0.25, 0.3) is 0 Å². The maximum Gasteiger partial charge on any atom is 0.309 e. The van der Waals surface area contributed by atoms with Crippen molar-refractivity contribution in [1.29, 1.82) is 0 Å². The first-order valence-corrected chi connectivity index (χ1v) is 8.53. The first kappa shape index (κ1) is 15.6. The van der Waals surface area contributed by atoms with E-state index in [4.69, 9.17) is 0 Å². The van der Waals surface area contributed by atoms with Gasteiger partial charge >= 0.3 is 5.97 Å². The number of allylic oxidation sites excluding steroid dienone is 5. The van der Waals surface area contributed by atoms with Gasteiger partial charge in [0.15, 0.2) is 0 Å². The van der Waals surface area contributed by atoms with Crippen LogP contribution in [0.15, 0.2) is 36.5 Å². The maximum atomic E-state index is 11.9. The predicted octanol–water partition coefficient (Wildman–Crippen LogP) is 4.98. The van der Waals surface area contributed by atoms with E-state index in [1.807, 2.05) is 6.92 Å². The fraction of sp³-hybridized carbons (Fsp3) is 0.650. The molecule has 3 aliphatic rings. The molecule has 0 bridgehead atoms. The third kappa shape index (κ3) is 2.03. The maximum absolute atomic E-state index is 11.9. The summed E-state index contributed by atoms with van der Waals surface area (Å²) in [6, 6.07) is 0. The van der Waals surface area contributed by atoms with E-state index in [-0.39, 0.29) is 16.7 Å². The molecular formula is C20H28O2. The Morgan fingerprint density at radius 1 is 1.32 bits per heavy atom. The van der Waals surface area contributed by atoms with Crippen molar-refractivity contribution in [2.75, 3.05) is 0 Å². The Bertz CT molecular complexity index is 572. The van der Waals surface area contributed by atoms with Crippen LogP contribution in [0.3, 0.4) is 0 Å². The van der Waals surface area contributed by atoms with Crippen LogP contribution in [0.1, 0.15) is 52.9 Å². The summed E-state index contributed by atoms with van der Waals surface area (Å²) in [5, 5.41) is 9.81. The van der Waals surface area contributed by atoms with Crippen molar-refractivity contribution in [3.8, 4) is 0 Å². The molecule has 0 aromatic carbocycles. The number of carbonyl (C=O) groups is 1. The van der Waals surface area contributed by atoms with Gasteiger partial charge in [-0.15, -0.1) is 6.58 Å². The lowest BCUT2D eigenvalue weighted by Crippen LogP contribution is -2.52. The minimum Gasteiger partial charge on any atom is -0.481 e. The smallest absolute Gasteiger partial charge is 0.309 e. The van der Waals surface area contributed by atoms with Crippen molar-refractivity contribution < 1.29 is 9.90 Å². The van der Waals surface area contributed by atoms with Gasteiger partial charge in [0.2, 0.25) is 0 Å². The summed E-state index contributed by atoms with van der Waals surface area (Å²) < 4.78 is 0. The molecule has 1 fully saturated rings. The second-order valence-corrected chi connectivity index (χ2v) is 8.36. The predicted molar refractivity (Wildman–Crippen MR) is 89.4 cm³/mol. The van der Waals surface area contributed by atoms with Crippen LogP contribution in [-0.4, -0.2) is 11.1 Å². The molecule has 0 heterocycles. The summed E-state index contributed by atoms with van der Waals surface area (Å²) in [6.07, 6.45) is 14.0. The van der Waals surface area contributed by atoms with Crippen molar-refractivity contribution in [2.24, 2.45) is 28.1 Å². The Balaban J connectivity index is 2.07. The molecule has 0 amide bonds. The van der Waals surface area contributed by atoms with Crippen LogP contribution in [0, 0.1) is 28.1 Å². The highest BCUT2D eigenvalue weighted by atomic mass is 16.4. The van der Waals surface area contributed by atoms with Crippen molar-refractivity contribution >= 4 is 5.97 Å². The standard InChI is InChI=1S/C20H28O2/c1-5-18(2)12-9-15-14(13-18)7-8-16-19(15,3)10-6-11-20(16,4)17(21)22/h5,7-8,13,15-16H,1,6,9-12H2,2-4H3,(H,21,22)/t15-,16+,18-,19+,20+/m0/s1. The molecule has 2 heteroatoms. The third-order valence-electron chi connectivity index (χ3n) is 6.91. The van der Waals surface area contributed by atoms with E-state index in [1.165, 1.54) is 5.57 Å². The van der Waals surface area contributed by atoms with Gasteiger partial charge in [-0.25, -0.2) is 0 Å². The van der Waals surface area contributed by atoms with Gasteiger partial charge in [0, 0.05) is 5.41 Å². The van der Waals surface area contributed by atoms with Crippen LogP contribution in [0.2, 0.25) is 0 Å². The Morgan fingerprint density at radius 2 is 2.05 bits per heavy atom. The quantitative estimate of drug-likeness (QED) is 0.730. The first-order chi connectivity index (χ1) is 10.3. The summed E-state index contributed by atoms with van der Waals surface area (Å²) in [5.74, 6) is 0.00299. The average molecular weight is 300 g/mol. The molecule has 120 valence electrons. The van der Waals surface area contributed by atoms with Crippen molar-refractivity contribution in [1.82, 2.24) is 0 Å². The Morgan fingerprint density at radius 3 is 2.68 bits per heavy atom. The van der Waals surface area contributed by atoms with E-state index in [9.17, 15) is 9.90 Å². The molecule has 2 nitrogen and oxygen atoms in total. The highest BCUT2D eigenvalue weighted by Gasteiger charge is 2.57. The molecule has 3 rings (SSSR count). The molecule has 1 saturated carbocycles. The lowest BCUT2D eigenvalue weighted by atomic mass is 9.47. The van der Waals surface area contributed by atoms with Gasteiger partial charge in [0.05, 0.1) is 5.41 Å². The monoisotopic (exact) mass is 300 g/mol. The van der Waals surface area contributed by atoms with Crippen molar-refractivity contribution in [3.05, 3.63) is 36.5 Å². The summed E-state index contributed by atoms with van der Waals surface area (Å²) in [5.41, 5.74) is 0.953. The zero-order chi connectivity index (χ0) is 16.2. The van der Waals surface area contributed by atoms with E-state index in [2.05, 4.69) is 44.7 Å². The van der Waals surface area contributed by atoms with Crippen LogP contribution < -0.4 is 0 Å². The molecule has 0 aromatic rings. The highest BCUT2D eigenvalue weighted by Crippen LogP contribution is 2.61. The number of hydrogen-bond donors (Lipinski definition) is 1. The zero-order valence-corrected chi connectivity index (χ0v) is 14.1. The molecule has 0 saturated heterocycles. The highest BCUT2D eigenvalue weighted by molar-refractivity contribution is 5.75. The summed E-state index contributed by atoms with van der Waals surface area (Å²) in [7, 11) is 0.